The van der Waals surface area contributed by atoms with E-state index in [0.717, 1.165) is 16.9 Å². The minimum Gasteiger partial charge on any atom is -0.489 e. The highest BCUT2D eigenvalue weighted by molar-refractivity contribution is 8.00. The molecule has 4 N–H and O–H groups in total. The summed E-state index contributed by atoms with van der Waals surface area (Å²) in [5, 5.41) is 10.8. The Hall–Kier alpha value is -6.96. The Bertz CT molecular complexity index is 2490. The van der Waals surface area contributed by atoms with Crippen molar-refractivity contribution in [1.29, 1.82) is 0 Å². The third-order valence-corrected chi connectivity index (χ3v) is 11.1. The Balaban J connectivity index is 1.15. The van der Waals surface area contributed by atoms with Crippen molar-refractivity contribution in [1.82, 2.24) is 5.32 Å². The van der Waals surface area contributed by atoms with Crippen molar-refractivity contribution in [2.45, 2.75) is 37.5 Å². The van der Waals surface area contributed by atoms with E-state index in [9.17, 15) is 24.0 Å². The van der Waals surface area contributed by atoms with Crippen LogP contribution in [0, 0.1) is 6.92 Å². The minimum absolute atomic E-state index is 0.00748. The first-order valence-electron chi connectivity index (χ1n) is 19.0. The third-order valence-electron chi connectivity index (χ3n) is 8.84. The Morgan fingerprint density at radius 3 is 2.07 bits per heavy atom. The molecule has 1 atom stereocenters. The summed E-state index contributed by atoms with van der Waals surface area (Å²) in [4.78, 5) is 67.9. The Morgan fingerprint density at radius 1 is 0.733 bits per heavy atom. The van der Waals surface area contributed by atoms with Crippen LogP contribution in [0.15, 0.2) is 150 Å². The number of amides is 4. The van der Waals surface area contributed by atoms with Gasteiger partial charge in [-0.3, -0.25) is 19.2 Å². The lowest BCUT2D eigenvalue weighted by Crippen LogP contribution is -2.30. The van der Waals surface area contributed by atoms with E-state index in [2.05, 4.69) is 21.3 Å². The van der Waals surface area contributed by atoms with E-state index >= 15 is 0 Å². The Labute approximate surface area is 356 Å². The monoisotopic (exact) mass is 838 g/mol. The van der Waals surface area contributed by atoms with Crippen LogP contribution in [-0.4, -0.2) is 41.5 Å². The van der Waals surface area contributed by atoms with Crippen LogP contribution in [0.1, 0.15) is 60.9 Å². The van der Waals surface area contributed by atoms with Gasteiger partial charge in [-0.1, -0.05) is 84.9 Å². The second-order valence-electron chi connectivity index (χ2n) is 13.3. The van der Waals surface area contributed by atoms with Crippen LogP contribution in [0.4, 0.5) is 16.4 Å². The molecule has 60 heavy (non-hydrogen) atoms. The SMILES string of the molecule is CCOC(=O)c1c(NC(=O)C(C)Sc2cccc(NC(=O)/C(=C\c3ccc(OCc4ccccc4)cc3)NC(=O)c3ccccc3)c2)sc(C(=O)Nc2ccccc2)c1C. The minimum atomic E-state index is -0.671. The third kappa shape index (κ3) is 11.6. The molecule has 6 aromatic rings. The standard InChI is InChI=1S/C47H42N4O7S2/c1-4-57-47(56)40-30(2)41(45(55)48-35-19-12-7-13-20-35)60-46(40)51-42(52)31(3)59-38-22-14-21-36(28-38)49-44(54)39(50-43(53)34-17-10-6-11-18-34)27-32-23-25-37(26-24-32)58-29-33-15-8-5-9-16-33/h5-28,31H,4,29H2,1-3H3,(H,48,55)(H,49,54)(H,50,53)(H,51,52)/b39-27+. The molecule has 0 aliphatic heterocycles. The number of carbonyl (C=O) groups excluding carboxylic acids is 5. The fourth-order valence-corrected chi connectivity index (χ4v) is 7.82. The molecular formula is C47H42N4O7S2. The van der Waals surface area contributed by atoms with Crippen LogP contribution in [0.25, 0.3) is 6.08 Å². The van der Waals surface area contributed by atoms with Crippen LogP contribution >= 0.6 is 23.1 Å². The largest absolute Gasteiger partial charge is 0.489 e. The number of thioether (sulfide) groups is 1. The lowest BCUT2D eigenvalue weighted by Gasteiger charge is -2.14. The predicted octanol–water partition coefficient (Wildman–Crippen LogP) is 9.59. The second-order valence-corrected chi connectivity index (χ2v) is 15.7. The molecule has 1 heterocycles. The van der Waals surface area contributed by atoms with E-state index in [4.69, 9.17) is 9.47 Å². The van der Waals surface area contributed by atoms with Gasteiger partial charge < -0.3 is 30.7 Å². The van der Waals surface area contributed by atoms with Gasteiger partial charge in [-0.2, -0.15) is 0 Å². The molecule has 1 aromatic heterocycles. The van der Waals surface area contributed by atoms with Gasteiger partial charge in [-0.05, 0) is 98.1 Å². The first kappa shape index (κ1) is 42.6. The molecule has 0 bridgehead atoms. The summed E-state index contributed by atoms with van der Waals surface area (Å²) in [5.41, 5.74) is 3.59. The molecular weight excluding hydrogens is 797 g/mol. The maximum atomic E-state index is 13.8. The Kier molecular flexibility index (Phi) is 14.7. The van der Waals surface area contributed by atoms with E-state index in [1.165, 1.54) is 11.8 Å². The molecule has 0 aliphatic carbocycles. The number of hydrogen-bond acceptors (Lipinski definition) is 9. The van der Waals surface area contributed by atoms with Crippen LogP contribution in [0.3, 0.4) is 0 Å². The second kappa shape index (κ2) is 20.6. The zero-order valence-electron chi connectivity index (χ0n) is 33.0. The summed E-state index contributed by atoms with van der Waals surface area (Å²) in [7, 11) is 0. The van der Waals surface area contributed by atoms with E-state index in [1.807, 2.05) is 36.4 Å². The average Bonchev–Trinajstić information content (AvgIpc) is 3.59. The smallest absolute Gasteiger partial charge is 0.341 e. The first-order chi connectivity index (χ1) is 29.1. The number of hydrogen-bond donors (Lipinski definition) is 4. The number of rotatable bonds is 16. The van der Waals surface area contributed by atoms with Crippen LogP contribution < -0.4 is 26.0 Å². The number of carbonyl (C=O) groups is 5. The number of benzene rings is 5. The van der Waals surface area contributed by atoms with Crippen molar-refractivity contribution in [2.24, 2.45) is 0 Å². The molecule has 4 amide bonds. The normalized spacial score (nSPS) is 11.5. The summed E-state index contributed by atoms with van der Waals surface area (Å²) in [6.45, 7) is 5.54. The summed E-state index contributed by atoms with van der Waals surface area (Å²) in [5.74, 6) is -1.86. The van der Waals surface area contributed by atoms with E-state index in [0.29, 0.717) is 45.3 Å². The first-order valence-corrected chi connectivity index (χ1v) is 20.7. The van der Waals surface area contributed by atoms with Gasteiger partial charge in [0.2, 0.25) is 5.91 Å². The topological polar surface area (TPSA) is 152 Å². The number of anilines is 3. The molecule has 0 aliphatic rings. The number of thiophene rings is 1. The molecule has 6 rings (SSSR count). The molecule has 13 heteroatoms. The van der Waals surface area contributed by atoms with Crippen LogP contribution in [0.2, 0.25) is 0 Å². The van der Waals surface area contributed by atoms with Crippen molar-refractivity contribution >= 4 is 75.1 Å². The van der Waals surface area contributed by atoms with Crippen molar-refractivity contribution in [3.05, 3.63) is 178 Å². The zero-order valence-corrected chi connectivity index (χ0v) is 34.7. The molecule has 11 nitrogen and oxygen atoms in total. The van der Waals surface area contributed by atoms with Gasteiger partial charge in [0.25, 0.3) is 17.7 Å². The average molecular weight is 839 g/mol. The van der Waals surface area contributed by atoms with E-state index in [1.54, 1.807) is 130 Å². The molecule has 0 radical (unpaired) electrons. The molecule has 1 unspecified atom stereocenters. The van der Waals surface area contributed by atoms with Crippen molar-refractivity contribution < 1.29 is 33.4 Å². The quantitative estimate of drug-likeness (QED) is 0.0428. The van der Waals surface area contributed by atoms with Gasteiger partial charge in [-0.15, -0.1) is 23.1 Å². The summed E-state index contributed by atoms with van der Waals surface area (Å²) in [6.07, 6.45) is 1.58. The highest BCUT2D eigenvalue weighted by Gasteiger charge is 2.28. The molecule has 0 saturated heterocycles. The molecule has 304 valence electrons. The van der Waals surface area contributed by atoms with Crippen molar-refractivity contribution in [3.8, 4) is 5.75 Å². The number of esters is 1. The fourth-order valence-electron chi connectivity index (χ4n) is 5.80. The van der Waals surface area contributed by atoms with Gasteiger partial charge in [0.15, 0.2) is 0 Å². The summed E-state index contributed by atoms with van der Waals surface area (Å²) < 4.78 is 11.2. The molecule has 0 saturated carbocycles. The maximum Gasteiger partial charge on any atom is 0.341 e. The zero-order chi connectivity index (χ0) is 42.4. The highest BCUT2D eigenvalue weighted by atomic mass is 32.2. The van der Waals surface area contributed by atoms with Gasteiger partial charge >= 0.3 is 5.97 Å². The predicted molar refractivity (Wildman–Crippen MR) is 238 cm³/mol. The maximum absolute atomic E-state index is 13.8. The van der Waals surface area contributed by atoms with Crippen LogP contribution in [0.5, 0.6) is 5.75 Å². The fraction of sp³-hybridized carbons (Fsp3) is 0.128. The highest BCUT2D eigenvalue weighted by Crippen LogP contribution is 2.36. The number of nitrogens with one attached hydrogen (secondary N) is 4. The van der Waals surface area contributed by atoms with Gasteiger partial charge in [0, 0.05) is 21.8 Å². The molecule has 0 fully saturated rings. The van der Waals surface area contributed by atoms with Crippen molar-refractivity contribution in [2.75, 3.05) is 22.6 Å². The van der Waals surface area contributed by atoms with Gasteiger partial charge in [0.05, 0.1) is 22.3 Å². The summed E-state index contributed by atoms with van der Waals surface area (Å²) in [6, 6.07) is 41.4. The molecule has 0 spiro atoms. The molecule has 5 aromatic carbocycles. The lowest BCUT2D eigenvalue weighted by molar-refractivity contribution is -0.115. The van der Waals surface area contributed by atoms with E-state index < -0.39 is 34.8 Å². The van der Waals surface area contributed by atoms with Crippen LogP contribution in [-0.2, 0) is 20.9 Å². The van der Waals surface area contributed by atoms with Gasteiger partial charge in [-0.25, -0.2) is 4.79 Å². The summed E-state index contributed by atoms with van der Waals surface area (Å²) >= 11 is 2.22. The van der Waals surface area contributed by atoms with Gasteiger partial charge in [0.1, 0.15) is 23.1 Å². The number of para-hydroxylation sites is 1. The lowest BCUT2D eigenvalue weighted by atomic mass is 10.1. The van der Waals surface area contributed by atoms with E-state index in [-0.39, 0.29) is 27.7 Å². The number of ether oxygens (including phenoxy) is 2. The Morgan fingerprint density at radius 2 is 1.38 bits per heavy atom. The van der Waals surface area contributed by atoms with Crippen molar-refractivity contribution in [3.63, 3.8) is 0 Å².